The van der Waals surface area contributed by atoms with E-state index in [1.165, 1.54) is 22.3 Å². The van der Waals surface area contributed by atoms with E-state index < -0.39 is 11.7 Å². The summed E-state index contributed by atoms with van der Waals surface area (Å²) < 4.78 is 8.48. The smallest absolute Gasteiger partial charge is 0.407 e. The Hall–Kier alpha value is -2.70. The first-order valence-corrected chi connectivity index (χ1v) is 13.9. The van der Waals surface area contributed by atoms with Gasteiger partial charge in [-0.15, -0.1) is 5.10 Å². The van der Waals surface area contributed by atoms with Crippen molar-refractivity contribution in [3.8, 4) is 11.1 Å². The molecule has 1 saturated heterocycles. The molecule has 0 bridgehead atoms. The van der Waals surface area contributed by atoms with Crippen molar-refractivity contribution in [3.63, 3.8) is 0 Å². The van der Waals surface area contributed by atoms with Crippen LogP contribution in [0.4, 0.5) is 9.93 Å². The number of nitrogens with one attached hydrogen (secondary N) is 1. The van der Waals surface area contributed by atoms with E-state index in [-0.39, 0.29) is 24.5 Å². The van der Waals surface area contributed by atoms with Gasteiger partial charge in [0.25, 0.3) is 0 Å². The summed E-state index contributed by atoms with van der Waals surface area (Å²) in [6.07, 6.45) is 2.67. The van der Waals surface area contributed by atoms with E-state index in [2.05, 4.69) is 67.2 Å². The molecule has 2 aromatic carbocycles. The first-order chi connectivity index (χ1) is 17.4. The molecule has 2 fully saturated rings. The number of amides is 1. The Morgan fingerprint density at radius 1 is 1.14 bits per heavy atom. The molecule has 8 nitrogen and oxygen atoms in total. The highest BCUT2D eigenvalue weighted by Crippen LogP contribution is 2.55. The van der Waals surface area contributed by atoms with Crippen LogP contribution in [0.5, 0.6) is 0 Å². The number of anilines is 1. The van der Waals surface area contributed by atoms with Crippen molar-refractivity contribution >= 4 is 50.1 Å². The SMILES string of the molecule is O=C(NCC1(O)CC2(CN(c3nn4c(I)cnc4s3)C2)C1)OCC1c2ccccc2-c2ccccc21. The van der Waals surface area contributed by atoms with E-state index >= 15 is 0 Å². The Morgan fingerprint density at radius 3 is 2.47 bits per heavy atom. The third-order valence-corrected chi connectivity index (χ3v) is 9.39. The van der Waals surface area contributed by atoms with Crippen molar-refractivity contribution in [3.05, 3.63) is 69.6 Å². The highest BCUT2D eigenvalue weighted by molar-refractivity contribution is 14.1. The van der Waals surface area contributed by atoms with E-state index in [1.54, 1.807) is 11.3 Å². The normalized spacial score (nSPS) is 19.0. The molecule has 0 atom stereocenters. The topological polar surface area (TPSA) is 92.0 Å². The maximum absolute atomic E-state index is 12.5. The molecule has 1 aliphatic heterocycles. The van der Waals surface area contributed by atoms with Crippen LogP contribution in [-0.2, 0) is 4.74 Å². The molecule has 1 spiro atoms. The van der Waals surface area contributed by atoms with Gasteiger partial charge in [-0.25, -0.2) is 9.78 Å². The zero-order valence-corrected chi connectivity index (χ0v) is 22.3. The maximum atomic E-state index is 12.5. The number of hydrogen-bond acceptors (Lipinski definition) is 7. The second kappa shape index (κ2) is 8.15. The average molecular weight is 613 g/mol. The third kappa shape index (κ3) is 3.60. The van der Waals surface area contributed by atoms with Gasteiger partial charge >= 0.3 is 6.09 Å². The summed E-state index contributed by atoms with van der Waals surface area (Å²) >= 11 is 3.81. The van der Waals surface area contributed by atoms with Gasteiger partial charge < -0.3 is 20.1 Å². The molecule has 10 heteroatoms. The summed E-state index contributed by atoms with van der Waals surface area (Å²) in [5, 5.41) is 19.4. The molecule has 0 unspecified atom stereocenters. The van der Waals surface area contributed by atoms with Gasteiger partial charge in [-0.1, -0.05) is 59.9 Å². The lowest BCUT2D eigenvalue weighted by Gasteiger charge is -2.62. The number of aromatic nitrogens is 3. The number of nitrogens with zero attached hydrogens (tertiary/aromatic N) is 4. The Balaban J connectivity index is 0.913. The van der Waals surface area contributed by atoms with E-state index in [1.807, 2.05) is 35.0 Å². The highest BCUT2D eigenvalue weighted by Gasteiger charge is 2.60. The van der Waals surface area contributed by atoms with Gasteiger partial charge in [-0.05, 0) is 57.7 Å². The molecular weight excluding hydrogens is 589 g/mol. The minimum Gasteiger partial charge on any atom is -0.449 e. The second-order valence-corrected chi connectivity index (χ2v) is 12.3. The fourth-order valence-corrected chi connectivity index (χ4v) is 7.78. The lowest BCUT2D eigenvalue weighted by Crippen LogP contribution is -2.70. The van der Waals surface area contributed by atoms with Crippen LogP contribution < -0.4 is 10.2 Å². The number of carbonyl (C=O) groups is 1. The lowest BCUT2D eigenvalue weighted by atomic mass is 9.55. The predicted molar refractivity (Wildman–Crippen MR) is 145 cm³/mol. The predicted octanol–water partition coefficient (Wildman–Crippen LogP) is 4.27. The van der Waals surface area contributed by atoms with Gasteiger partial charge in [0.15, 0.2) is 0 Å². The number of ether oxygens (including phenoxy) is 1. The molecule has 1 amide bonds. The van der Waals surface area contributed by atoms with Gasteiger partial charge in [0.2, 0.25) is 10.1 Å². The molecule has 1 saturated carbocycles. The van der Waals surface area contributed by atoms with Crippen LogP contribution in [-0.4, -0.2) is 57.6 Å². The molecule has 184 valence electrons. The van der Waals surface area contributed by atoms with E-state index in [4.69, 9.17) is 4.74 Å². The Bertz CT molecular complexity index is 1440. The molecule has 7 rings (SSSR count). The summed E-state index contributed by atoms with van der Waals surface area (Å²) in [6.45, 7) is 2.21. The summed E-state index contributed by atoms with van der Waals surface area (Å²) in [4.78, 5) is 20.0. The maximum Gasteiger partial charge on any atom is 0.407 e. The van der Waals surface area contributed by atoms with Gasteiger partial charge in [0, 0.05) is 31.0 Å². The van der Waals surface area contributed by atoms with E-state index in [0.717, 1.165) is 26.9 Å². The number of carbonyl (C=O) groups excluding carboxylic acids is 1. The number of aliphatic hydroxyl groups is 1. The zero-order valence-electron chi connectivity index (χ0n) is 19.4. The van der Waals surface area contributed by atoms with Crippen molar-refractivity contribution in [2.45, 2.75) is 24.4 Å². The first-order valence-electron chi connectivity index (χ1n) is 12.0. The summed E-state index contributed by atoms with van der Waals surface area (Å²) in [5.74, 6) is 0.0242. The van der Waals surface area contributed by atoms with Crippen molar-refractivity contribution in [1.29, 1.82) is 0 Å². The van der Waals surface area contributed by atoms with Crippen LogP contribution in [0.3, 0.4) is 0 Å². The summed E-state index contributed by atoms with van der Waals surface area (Å²) in [6, 6.07) is 16.6. The summed E-state index contributed by atoms with van der Waals surface area (Å²) in [7, 11) is 0. The van der Waals surface area contributed by atoms with Crippen LogP contribution in [0.1, 0.15) is 29.9 Å². The first kappa shape index (κ1) is 22.5. The van der Waals surface area contributed by atoms with E-state index in [9.17, 15) is 9.90 Å². The van der Waals surface area contributed by atoms with Crippen LogP contribution in [0, 0.1) is 9.12 Å². The number of alkyl carbamates (subject to hydrolysis) is 1. The molecule has 0 radical (unpaired) electrons. The Labute approximate surface area is 225 Å². The minimum absolute atomic E-state index is 0.0242. The molecule has 3 heterocycles. The van der Waals surface area contributed by atoms with Crippen LogP contribution in [0.2, 0.25) is 0 Å². The molecule has 2 aromatic heterocycles. The third-order valence-electron chi connectivity index (χ3n) is 7.67. The van der Waals surface area contributed by atoms with Crippen molar-refractivity contribution in [1.82, 2.24) is 19.9 Å². The number of halogens is 1. The zero-order chi connectivity index (χ0) is 24.5. The van der Waals surface area contributed by atoms with Gasteiger partial charge in [-0.2, -0.15) is 4.52 Å². The van der Waals surface area contributed by atoms with Gasteiger partial charge in [-0.3, -0.25) is 0 Å². The standard InChI is InChI=1S/C26H24IN5O3S/c27-21-9-28-22-32(21)30-23(36-22)31-14-25(15-31)11-26(34,12-25)13-29-24(33)35-10-20-18-7-3-1-5-16(18)17-6-2-4-8-19(17)20/h1-9,20,34H,10-15H2,(H,29,33). The number of imidazole rings is 1. The van der Waals surface area contributed by atoms with Crippen LogP contribution in [0.15, 0.2) is 54.7 Å². The monoisotopic (exact) mass is 613 g/mol. The van der Waals surface area contributed by atoms with Crippen molar-refractivity contribution in [2.75, 3.05) is 31.1 Å². The molecule has 3 aliphatic rings. The number of rotatable bonds is 5. The summed E-state index contributed by atoms with van der Waals surface area (Å²) in [5.41, 5.74) is 3.98. The molecular formula is C26H24IN5O3S. The number of fused-ring (bicyclic) bond motifs is 4. The molecule has 2 N–H and O–H groups in total. The largest absolute Gasteiger partial charge is 0.449 e. The van der Waals surface area contributed by atoms with Crippen LogP contribution in [0.25, 0.3) is 16.1 Å². The quantitative estimate of drug-likeness (QED) is 0.327. The fourth-order valence-electron chi connectivity index (χ4n) is 6.26. The Kier molecular flexibility index (Phi) is 5.09. The Morgan fingerprint density at radius 2 is 1.81 bits per heavy atom. The van der Waals surface area contributed by atoms with Gasteiger partial charge in [0.1, 0.15) is 10.3 Å². The van der Waals surface area contributed by atoms with Crippen LogP contribution >= 0.6 is 33.9 Å². The highest BCUT2D eigenvalue weighted by atomic mass is 127. The lowest BCUT2D eigenvalue weighted by molar-refractivity contribution is -0.136. The van der Waals surface area contributed by atoms with Crippen molar-refractivity contribution < 1.29 is 14.6 Å². The number of hydrogen-bond donors (Lipinski definition) is 2. The molecule has 2 aliphatic carbocycles. The minimum atomic E-state index is -0.884. The van der Waals surface area contributed by atoms with Crippen molar-refractivity contribution in [2.24, 2.45) is 5.41 Å². The van der Waals surface area contributed by atoms with E-state index in [0.29, 0.717) is 12.8 Å². The number of benzene rings is 2. The van der Waals surface area contributed by atoms with Gasteiger partial charge in [0.05, 0.1) is 11.8 Å². The second-order valence-electron chi connectivity index (χ2n) is 10.3. The molecule has 4 aromatic rings. The molecule has 36 heavy (non-hydrogen) atoms. The fraction of sp³-hybridized carbons (Fsp3) is 0.346. The average Bonchev–Trinajstić information content (AvgIpc) is 3.51.